The third-order valence-corrected chi connectivity index (χ3v) is 2.81. The molecule has 0 bridgehead atoms. The first-order valence-electron chi connectivity index (χ1n) is 4.87. The second kappa shape index (κ2) is 3.36. The minimum Gasteiger partial charge on any atom is -0.481 e. The van der Waals surface area contributed by atoms with Gasteiger partial charge < -0.3 is 9.94 Å². The average molecular weight is 237 g/mol. The number of rotatable bonds is 3. The van der Waals surface area contributed by atoms with E-state index in [1.54, 1.807) is 0 Å². The molecule has 7 heteroatoms. The summed E-state index contributed by atoms with van der Waals surface area (Å²) in [6.07, 6.45) is -4.65. The molecule has 1 N–H and O–H groups in total. The van der Waals surface area contributed by atoms with Crippen LogP contribution in [0.4, 0.5) is 13.2 Å². The second-order valence-electron chi connectivity index (χ2n) is 4.19. The lowest BCUT2D eigenvalue weighted by Crippen LogP contribution is -2.47. The highest BCUT2D eigenvalue weighted by molar-refractivity contribution is 5.91. The molecule has 0 saturated heterocycles. The fourth-order valence-corrected chi connectivity index (χ4v) is 1.73. The first-order chi connectivity index (χ1) is 7.34. The first kappa shape index (κ1) is 11.2. The van der Waals surface area contributed by atoms with Gasteiger partial charge in [-0.3, -0.25) is 4.79 Å². The van der Waals surface area contributed by atoms with Crippen LogP contribution < -0.4 is 0 Å². The summed E-state index contributed by atoms with van der Waals surface area (Å²) in [5.74, 6) is -1.48. The molecule has 0 radical (unpaired) electrons. The van der Waals surface area contributed by atoms with E-state index in [1.807, 2.05) is 0 Å². The molecule has 1 aliphatic heterocycles. The van der Waals surface area contributed by atoms with Gasteiger partial charge in [0.15, 0.2) is 0 Å². The van der Waals surface area contributed by atoms with Crippen molar-refractivity contribution in [3.63, 3.8) is 0 Å². The Balaban J connectivity index is 2.15. The Morgan fingerprint density at radius 2 is 2.19 bits per heavy atom. The Labute approximate surface area is 89.1 Å². The van der Waals surface area contributed by atoms with Crippen LogP contribution in [0.1, 0.15) is 25.7 Å². The predicted octanol–water partition coefficient (Wildman–Crippen LogP) is 1.95. The lowest BCUT2D eigenvalue weighted by Gasteiger charge is -2.27. The van der Waals surface area contributed by atoms with E-state index in [0.717, 1.165) is 12.8 Å². The number of carboxylic acids is 1. The Morgan fingerprint density at radius 1 is 1.56 bits per heavy atom. The van der Waals surface area contributed by atoms with Gasteiger partial charge in [0.2, 0.25) is 5.60 Å². The number of hydrogen-bond acceptors (Lipinski definition) is 3. The molecule has 1 heterocycles. The summed E-state index contributed by atoms with van der Waals surface area (Å²) in [4.78, 5) is 14.9. The van der Waals surface area contributed by atoms with Crippen LogP contribution in [0.2, 0.25) is 0 Å². The minimum absolute atomic E-state index is 0.0537. The molecular weight excluding hydrogens is 227 g/mol. The quantitative estimate of drug-likeness (QED) is 0.816. The van der Waals surface area contributed by atoms with Crippen LogP contribution in [-0.4, -0.2) is 28.6 Å². The zero-order valence-electron chi connectivity index (χ0n) is 8.25. The van der Waals surface area contributed by atoms with Gasteiger partial charge in [0, 0.05) is 12.3 Å². The van der Waals surface area contributed by atoms with E-state index in [2.05, 4.69) is 9.99 Å². The number of aliphatic carboxylic acids is 1. The highest BCUT2D eigenvalue weighted by Gasteiger charge is 2.62. The van der Waals surface area contributed by atoms with Gasteiger partial charge in [-0.2, -0.15) is 13.2 Å². The fraction of sp³-hybridized carbons (Fsp3) is 0.778. The van der Waals surface area contributed by atoms with Crippen molar-refractivity contribution < 1.29 is 27.9 Å². The molecule has 0 aromatic heterocycles. The summed E-state index contributed by atoms with van der Waals surface area (Å²) in [6.45, 7) is 0. The number of alkyl halides is 3. The maximum absolute atomic E-state index is 12.8. The van der Waals surface area contributed by atoms with Crippen molar-refractivity contribution in [1.82, 2.24) is 0 Å². The van der Waals surface area contributed by atoms with E-state index in [0.29, 0.717) is 5.71 Å². The van der Waals surface area contributed by atoms with Crippen molar-refractivity contribution >= 4 is 11.7 Å². The molecule has 1 saturated carbocycles. The Bertz CT molecular complexity index is 348. The average Bonchev–Trinajstić information content (AvgIpc) is 2.86. The standard InChI is InChI=1S/C9H10F3NO3/c10-9(11,12)8(4-7(14)15)3-6(13-16-8)5-1-2-5/h5H,1-4H2,(H,14,15). The van der Waals surface area contributed by atoms with Crippen LogP contribution in [-0.2, 0) is 9.63 Å². The predicted molar refractivity (Wildman–Crippen MR) is 46.9 cm³/mol. The summed E-state index contributed by atoms with van der Waals surface area (Å²) in [5, 5.41) is 11.9. The van der Waals surface area contributed by atoms with Crippen molar-refractivity contribution in [2.24, 2.45) is 11.1 Å². The largest absolute Gasteiger partial charge is 0.481 e. The van der Waals surface area contributed by atoms with Crippen molar-refractivity contribution in [3.8, 4) is 0 Å². The number of halogens is 3. The van der Waals surface area contributed by atoms with E-state index in [4.69, 9.17) is 5.11 Å². The molecule has 0 amide bonds. The summed E-state index contributed by atoms with van der Waals surface area (Å²) >= 11 is 0. The van der Waals surface area contributed by atoms with Gasteiger partial charge in [-0.15, -0.1) is 0 Å². The Morgan fingerprint density at radius 3 is 2.62 bits per heavy atom. The summed E-state index contributed by atoms with van der Waals surface area (Å²) in [5.41, 5.74) is -2.31. The highest BCUT2D eigenvalue weighted by atomic mass is 19.4. The van der Waals surface area contributed by atoms with Crippen LogP contribution in [0.15, 0.2) is 5.16 Å². The molecule has 0 aromatic rings. The molecule has 1 atom stereocenters. The van der Waals surface area contributed by atoms with Crippen molar-refractivity contribution in [3.05, 3.63) is 0 Å². The Hall–Kier alpha value is -1.27. The SMILES string of the molecule is O=C(O)CC1(C(F)(F)F)CC(C2CC2)=NO1. The zero-order valence-corrected chi connectivity index (χ0v) is 8.25. The molecule has 1 unspecified atom stereocenters. The molecule has 90 valence electrons. The van der Waals surface area contributed by atoms with Gasteiger partial charge in [-0.25, -0.2) is 0 Å². The smallest absolute Gasteiger partial charge is 0.431 e. The second-order valence-corrected chi connectivity index (χ2v) is 4.19. The fourth-order valence-electron chi connectivity index (χ4n) is 1.73. The van der Waals surface area contributed by atoms with Crippen molar-refractivity contribution in [2.75, 3.05) is 0 Å². The lowest BCUT2D eigenvalue weighted by molar-refractivity contribution is -0.271. The van der Waals surface area contributed by atoms with Gasteiger partial charge in [0.05, 0.1) is 12.1 Å². The normalized spacial score (nSPS) is 29.8. The zero-order chi connectivity index (χ0) is 12.0. The van der Waals surface area contributed by atoms with Crippen LogP contribution in [0.5, 0.6) is 0 Å². The van der Waals surface area contributed by atoms with Crippen molar-refractivity contribution in [1.29, 1.82) is 0 Å². The first-order valence-corrected chi connectivity index (χ1v) is 4.87. The van der Waals surface area contributed by atoms with Gasteiger partial charge in [-0.05, 0) is 12.8 Å². The third kappa shape index (κ3) is 1.85. The minimum atomic E-state index is -4.72. The van der Waals surface area contributed by atoms with Crippen LogP contribution in [0, 0.1) is 5.92 Å². The number of hydrogen-bond donors (Lipinski definition) is 1. The third-order valence-electron chi connectivity index (χ3n) is 2.81. The number of oxime groups is 1. The maximum Gasteiger partial charge on any atom is 0.431 e. The Kier molecular flexibility index (Phi) is 2.36. The van der Waals surface area contributed by atoms with Crippen LogP contribution >= 0.6 is 0 Å². The molecule has 2 aliphatic rings. The highest BCUT2D eigenvalue weighted by Crippen LogP contribution is 2.46. The van der Waals surface area contributed by atoms with E-state index in [1.165, 1.54) is 0 Å². The summed E-state index contributed by atoms with van der Waals surface area (Å²) in [6, 6.07) is 0. The van der Waals surface area contributed by atoms with Crippen LogP contribution in [0.25, 0.3) is 0 Å². The molecule has 0 aromatic carbocycles. The molecule has 0 spiro atoms. The molecule has 1 fully saturated rings. The van der Waals surface area contributed by atoms with Crippen molar-refractivity contribution in [2.45, 2.75) is 37.5 Å². The van der Waals surface area contributed by atoms with E-state index < -0.39 is 30.6 Å². The van der Waals surface area contributed by atoms with Gasteiger partial charge >= 0.3 is 12.1 Å². The number of nitrogens with zero attached hydrogens (tertiary/aromatic N) is 1. The molecule has 2 rings (SSSR count). The van der Waals surface area contributed by atoms with E-state index >= 15 is 0 Å². The molecule has 1 aliphatic carbocycles. The van der Waals surface area contributed by atoms with Crippen LogP contribution in [0.3, 0.4) is 0 Å². The van der Waals surface area contributed by atoms with Gasteiger partial charge in [0.1, 0.15) is 0 Å². The molecule has 16 heavy (non-hydrogen) atoms. The number of carboxylic acid groups (broad SMARTS) is 1. The number of carbonyl (C=O) groups is 1. The lowest BCUT2D eigenvalue weighted by atomic mass is 9.91. The molecular formula is C9H10F3NO3. The molecule has 4 nitrogen and oxygen atoms in total. The topological polar surface area (TPSA) is 58.9 Å². The monoisotopic (exact) mass is 237 g/mol. The summed E-state index contributed by atoms with van der Waals surface area (Å²) in [7, 11) is 0. The van der Waals surface area contributed by atoms with E-state index in [-0.39, 0.29) is 5.92 Å². The maximum atomic E-state index is 12.8. The van der Waals surface area contributed by atoms with E-state index in [9.17, 15) is 18.0 Å². The van der Waals surface area contributed by atoms with Gasteiger partial charge in [-0.1, -0.05) is 5.16 Å². The summed E-state index contributed by atoms with van der Waals surface area (Å²) < 4.78 is 38.3. The van der Waals surface area contributed by atoms with Gasteiger partial charge in [0.25, 0.3) is 0 Å².